The van der Waals surface area contributed by atoms with E-state index < -0.39 is 29.5 Å². The molecule has 4 aliphatic rings. The van der Waals surface area contributed by atoms with Crippen LogP contribution >= 0.6 is 11.6 Å². The number of anilines is 2. The molecule has 0 aliphatic carbocycles. The van der Waals surface area contributed by atoms with E-state index in [0.29, 0.717) is 85.7 Å². The average Bonchev–Trinajstić information content (AvgIpc) is 3.76. The number of imide groups is 1. The van der Waals surface area contributed by atoms with Gasteiger partial charge in [0.25, 0.3) is 5.91 Å². The van der Waals surface area contributed by atoms with Crippen molar-refractivity contribution in [1.82, 2.24) is 34.6 Å². The van der Waals surface area contributed by atoms with Gasteiger partial charge in [-0.2, -0.15) is 0 Å². The quantitative estimate of drug-likeness (QED) is 0.139. The van der Waals surface area contributed by atoms with Crippen LogP contribution in [0.3, 0.4) is 0 Å². The molecule has 0 radical (unpaired) electrons. The first-order valence-electron chi connectivity index (χ1n) is 21.0. The minimum absolute atomic E-state index is 0.0817. The zero-order valence-electron chi connectivity index (χ0n) is 34.4. The molecule has 16 heteroatoms. The number of rotatable bonds is 9. The summed E-state index contributed by atoms with van der Waals surface area (Å²) in [6, 6.07) is 16.2. The van der Waals surface area contributed by atoms with Crippen LogP contribution in [0.15, 0.2) is 60.8 Å². The molecule has 3 amide bonds. The Labute approximate surface area is 357 Å². The van der Waals surface area contributed by atoms with E-state index in [0.717, 1.165) is 34.7 Å². The second-order valence-electron chi connectivity index (χ2n) is 17.1. The molecule has 4 N–H and O–H groups in total. The molecule has 6 heterocycles. The highest BCUT2D eigenvalue weighted by molar-refractivity contribution is 6.33. The summed E-state index contributed by atoms with van der Waals surface area (Å²) in [5.41, 5.74) is 5.10. The van der Waals surface area contributed by atoms with E-state index in [1.807, 2.05) is 43.5 Å². The number of nitrogens with zero attached hydrogens (tertiary/aromatic N) is 7. The number of imidazole rings is 1. The van der Waals surface area contributed by atoms with Crippen LogP contribution in [0.5, 0.6) is 0 Å². The number of hydrogen-bond acceptors (Lipinski definition) is 11. The van der Waals surface area contributed by atoms with Crippen molar-refractivity contribution in [3.63, 3.8) is 0 Å². The third-order valence-electron chi connectivity index (χ3n) is 12.8. The van der Waals surface area contributed by atoms with Crippen molar-refractivity contribution in [2.45, 2.75) is 95.8 Å². The highest BCUT2D eigenvalue weighted by Gasteiger charge is 2.41. The number of fused-ring (bicyclic) bond motifs is 2. The highest BCUT2D eigenvalue weighted by Crippen LogP contribution is 2.38. The minimum Gasteiger partial charge on any atom is -0.389 e. The summed E-state index contributed by atoms with van der Waals surface area (Å²) in [5.74, 6) is -0.414. The lowest BCUT2D eigenvalue weighted by molar-refractivity contribution is -0.136. The molecule has 61 heavy (non-hydrogen) atoms. The van der Waals surface area contributed by atoms with Gasteiger partial charge in [-0.15, -0.1) is 0 Å². The Morgan fingerprint density at radius 3 is 2.51 bits per heavy atom. The minimum atomic E-state index is -1.03. The summed E-state index contributed by atoms with van der Waals surface area (Å²) < 4.78 is 17.3. The summed E-state index contributed by atoms with van der Waals surface area (Å²) in [7, 11) is 0. The number of carbonyl (C=O) groups is 3. The molecule has 9 rings (SSSR count). The third kappa shape index (κ3) is 7.84. The molecule has 3 atom stereocenters. The number of amides is 3. The lowest BCUT2D eigenvalue weighted by atomic mass is 9.83. The van der Waals surface area contributed by atoms with E-state index in [2.05, 4.69) is 59.7 Å². The number of β-amino-alcohol motifs (C(OH)–C–C–N with tert-alkyl or cyclic N) is 1. The summed E-state index contributed by atoms with van der Waals surface area (Å²) in [4.78, 5) is 56.8. The van der Waals surface area contributed by atoms with Crippen LogP contribution in [0, 0.1) is 12.7 Å². The normalized spacial score (nSPS) is 22.0. The monoisotopic (exact) mass is 849 g/mol. The summed E-state index contributed by atoms with van der Waals surface area (Å²) >= 11 is 6.56. The molecule has 5 aromatic rings. The first kappa shape index (κ1) is 40.9. The molecule has 2 aromatic heterocycles. The molecular weight excluding hydrogens is 801 g/mol. The van der Waals surface area contributed by atoms with Gasteiger partial charge in [0.05, 0.1) is 40.2 Å². The van der Waals surface area contributed by atoms with Crippen molar-refractivity contribution in [3.8, 4) is 11.3 Å². The van der Waals surface area contributed by atoms with Crippen molar-refractivity contribution in [2.24, 2.45) is 0 Å². The number of carbonyl (C=O) groups excluding carboxylic acids is 3. The zero-order chi connectivity index (χ0) is 42.7. The molecule has 1 unspecified atom stereocenters. The molecule has 3 fully saturated rings. The Hall–Kier alpha value is -5.48. The number of likely N-dealkylation sites (tertiary alicyclic amines) is 1. The standard InChI is InChI=1S/C45H49ClFN9O5/c1-25(2)56-26(3)49-41-34(47)19-28(20-37(41)56)40-33(46)21-48-44(52-40)50-35-12-15-54(24-38(35)57)31-7-4-27(5-8-31)22-53-16-13-45(61,14-17-53)30-6-9-32-29(18-30)23-55(43(32)60)36-10-11-39(58)51-42(36)59/h4-9,18-21,25,35-36,38,57,61H,10-17,22-24H2,1-3H3,(H,48,50,52)(H,51,58,59)/t35-,36?,38-/m1/s1. The SMILES string of the molecule is Cc1nc2c(F)cc(-c3nc(N[C@@H]4CCN(c5ccc(CN6CCC(O)(c7ccc8c(c7)CN(C7CCC(=O)NC7=O)C8=O)CC6)cc5)C[C@H]4O)ncc3Cl)cc2n1C(C)C. The van der Waals surface area contributed by atoms with Gasteiger partial charge in [-0.05, 0) is 93.5 Å². The van der Waals surface area contributed by atoms with Gasteiger partial charge in [0.2, 0.25) is 17.8 Å². The molecule has 3 aromatic carbocycles. The summed E-state index contributed by atoms with van der Waals surface area (Å²) in [6.45, 7) is 9.41. The lowest BCUT2D eigenvalue weighted by Crippen LogP contribution is -2.52. The van der Waals surface area contributed by atoms with Crippen LogP contribution in [0.4, 0.5) is 16.0 Å². The van der Waals surface area contributed by atoms with Gasteiger partial charge in [0, 0.05) is 68.5 Å². The fourth-order valence-electron chi connectivity index (χ4n) is 9.50. The molecule has 318 valence electrons. The number of aliphatic hydroxyl groups is 2. The molecule has 0 spiro atoms. The van der Waals surface area contributed by atoms with E-state index in [4.69, 9.17) is 11.6 Å². The molecule has 3 saturated heterocycles. The van der Waals surface area contributed by atoms with Crippen LogP contribution in [0.25, 0.3) is 22.3 Å². The van der Waals surface area contributed by atoms with Crippen LogP contribution in [-0.4, -0.2) is 102 Å². The lowest BCUT2D eigenvalue weighted by Gasteiger charge is -2.39. The van der Waals surface area contributed by atoms with Gasteiger partial charge in [-0.25, -0.2) is 19.3 Å². The fraction of sp³-hybridized carbons (Fsp3) is 0.422. The van der Waals surface area contributed by atoms with Gasteiger partial charge < -0.3 is 29.9 Å². The Morgan fingerprint density at radius 2 is 1.79 bits per heavy atom. The van der Waals surface area contributed by atoms with E-state index in [1.165, 1.54) is 17.2 Å². The Morgan fingerprint density at radius 1 is 1.02 bits per heavy atom. The van der Waals surface area contributed by atoms with Crippen LogP contribution in [0.1, 0.15) is 84.9 Å². The first-order valence-corrected chi connectivity index (χ1v) is 21.3. The van der Waals surface area contributed by atoms with Crippen molar-refractivity contribution in [3.05, 3.63) is 99.7 Å². The van der Waals surface area contributed by atoms with Gasteiger partial charge in [0.15, 0.2) is 5.82 Å². The van der Waals surface area contributed by atoms with Gasteiger partial charge in [-0.3, -0.25) is 24.6 Å². The van der Waals surface area contributed by atoms with Crippen molar-refractivity contribution in [2.75, 3.05) is 36.4 Å². The number of aryl methyl sites for hydroxylation is 1. The van der Waals surface area contributed by atoms with E-state index in [-0.39, 0.29) is 41.9 Å². The highest BCUT2D eigenvalue weighted by atomic mass is 35.5. The van der Waals surface area contributed by atoms with Crippen LogP contribution in [-0.2, 0) is 28.3 Å². The van der Waals surface area contributed by atoms with E-state index in [1.54, 1.807) is 6.07 Å². The number of piperidine rings is 3. The largest absolute Gasteiger partial charge is 0.389 e. The van der Waals surface area contributed by atoms with Crippen molar-refractivity contribution in [1.29, 1.82) is 0 Å². The molecule has 0 bridgehead atoms. The maximum absolute atomic E-state index is 15.3. The van der Waals surface area contributed by atoms with Crippen LogP contribution < -0.4 is 15.5 Å². The number of hydrogen-bond donors (Lipinski definition) is 4. The van der Waals surface area contributed by atoms with Crippen LogP contribution in [0.2, 0.25) is 5.02 Å². The second kappa shape index (κ2) is 16.1. The number of halogens is 2. The molecular formula is C45H49ClFN9O5. The molecule has 4 aliphatic heterocycles. The third-order valence-corrected chi connectivity index (χ3v) is 13.1. The number of aromatic nitrogens is 4. The number of benzene rings is 3. The maximum Gasteiger partial charge on any atom is 0.255 e. The number of nitrogens with one attached hydrogen (secondary N) is 2. The first-order chi connectivity index (χ1) is 29.2. The predicted octanol–water partition coefficient (Wildman–Crippen LogP) is 5.47. The molecule has 0 saturated carbocycles. The summed E-state index contributed by atoms with van der Waals surface area (Å²) in [6.07, 6.45) is 3.00. The molecule has 14 nitrogen and oxygen atoms in total. The smallest absolute Gasteiger partial charge is 0.255 e. The topological polar surface area (TPSA) is 169 Å². The van der Waals surface area contributed by atoms with E-state index in [9.17, 15) is 24.6 Å². The summed E-state index contributed by atoms with van der Waals surface area (Å²) in [5, 5.41) is 29.0. The Kier molecular flexibility index (Phi) is 10.8. The van der Waals surface area contributed by atoms with Crippen molar-refractivity contribution < 1.29 is 29.0 Å². The van der Waals surface area contributed by atoms with Crippen molar-refractivity contribution >= 4 is 52.0 Å². The Bertz CT molecular complexity index is 2540. The number of aliphatic hydroxyl groups excluding tert-OH is 1. The zero-order valence-corrected chi connectivity index (χ0v) is 35.1. The van der Waals surface area contributed by atoms with Gasteiger partial charge >= 0.3 is 0 Å². The fourth-order valence-corrected chi connectivity index (χ4v) is 9.70. The van der Waals surface area contributed by atoms with E-state index >= 15 is 4.39 Å². The van der Waals surface area contributed by atoms with Gasteiger partial charge in [0.1, 0.15) is 17.4 Å². The second-order valence-corrected chi connectivity index (χ2v) is 17.5. The Balaban J connectivity index is 0.784. The predicted molar refractivity (Wildman–Crippen MR) is 228 cm³/mol. The van der Waals surface area contributed by atoms with Gasteiger partial charge in [-0.1, -0.05) is 35.9 Å². The maximum atomic E-state index is 15.3. The average molecular weight is 850 g/mol.